The molecule has 106 valence electrons. The molecule has 2 aromatic rings. The molecule has 1 atom stereocenters. The van der Waals surface area contributed by atoms with Crippen LogP contribution in [0.2, 0.25) is 0 Å². The quantitative estimate of drug-likeness (QED) is 0.824. The van der Waals surface area contributed by atoms with Crippen LogP contribution < -0.4 is 0 Å². The van der Waals surface area contributed by atoms with Gasteiger partial charge >= 0.3 is 0 Å². The van der Waals surface area contributed by atoms with Crippen LogP contribution in [0.25, 0.3) is 0 Å². The third kappa shape index (κ3) is 2.90. The Bertz CT molecular complexity index is 635. The van der Waals surface area contributed by atoms with Gasteiger partial charge < -0.3 is 4.90 Å². The van der Waals surface area contributed by atoms with Crippen LogP contribution in [0.15, 0.2) is 30.3 Å². The number of hydrogen-bond donors (Lipinski definition) is 0. The molecule has 1 heterocycles. The van der Waals surface area contributed by atoms with E-state index in [1.165, 1.54) is 17.0 Å². The summed E-state index contributed by atoms with van der Waals surface area (Å²) in [7, 11) is 1.78. The van der Waals surface area contributed by atoms with Crippen LogP contribution >= 0.6 is 11.3 Å². The molecule has 0 aliphatic heterocycles. The second kappa shape index (κ2) is 5.75. The zero-order valence-electron chi connectivity index (χ0n) is 12.1. The molecule has 0 radical (unpaired) electrons. The number of carbonyl (C=O) groups excluding carboxylic acids is 1. The molecule has 20 heavy (non-hydrogen) atoms. The highest BCUT2D eigenvalue weighted by Crippen LogP contribution is 2.27. The van der Waals surface area contributed by atoms with Gasteiger partial charge in [0.05, 0.1) is 6.04 Å². The number of carbonyl (C=O) groups is 1. The van der Waals surface area contributed by atoms with Crippen molar-refractivity contribution in [3.05, 3.63) is 57.0 Å². The molecule has 2 rings (SSSR count). The smallest absolute Gasteiger partial charge is 0.254 e. The first-order chi connectivity index (χ1) is 9.40. The van der Waals surface area contributed by atoms with Crippen LogP contribution in [-0.4, -0.2) is 17.9 Å². The van der Waals surface area contributed by atoms with Crippen molar-refractivity contribution in [3.63, 3.8) is 0 Å². The molecule has 0 spiro atoms. The number of amides is 1. The summed E-state index contributed by atoms with van der Waals surface area (Å²) in [5.74, 6) is -0.377. The number of aryl methyl sites for hydroxylation is 2. The van der Waals surface area contributed by atoms with E-state index in [0.29, 0.717) is 11.1 Å². The Morgan fingerprint density at radius 3 is 2.50 bits per heavy atom. The molecule has 0 N–H and O–H groups in total. The standard InChI is InChI=1S/C16H18FNOS/c1-10-9-13(6-7-14(10)17)16(19)18(4)12(3)15-8-5-11(2)20-15/h5-9,12H,1-4H3. The van der Waals surface area contributed by atoms with Crippen molar-refractivity contribution in [2.75, 3.05) is 7.05 Å². The van der Waals surface area contributed by atoms with Crippen molar-refractivity contribution in [1.29, 1.82) is 0 Å². The van der Waals surface area contributed by atoms with E-state index in [2.05, 4.69) is 6.07 Å². The predicted molar refractivity (Wildman–Crippen MR) is 80.7 cm³/mol. The minimum absolute atomic E-state index is 0.00607. The predicted octanol–water partition coefficient (Wildman–Crippen LogP) is 4.34. The third-order valence-corrected chi connectivity index (χ3v) is 4.65. The summed E-state index contributed by atoms with van der Waals surface area (Å²) in [6.45, 7) is 5.71. The highest BCUT2D eigenvalue weighted by atomic mass is 32.1. The number of thiophene rings is 1. The summed E-state index contributed by atoms with van der Waals surface area (Å²) in [6.07, 6.45) is 0. The third-order valence-electron chi connectivity index (χ3n) is 3.48. The number of rotatable bonds is 3. The van der Waals surface area contributed by atoms with Gasteiger partial charge in [-0.3, -0.25) is 4.79 Å². The second-order valence-electron chi connectivity index (χ2n) is 5.00. The zero-order chi connectivity index (χ0) is 14.9. The molecule has 1 unspecified atom stereocenters. The van der Waals surface area contributed by atoms with Crippen molar-refractivity contribution < 1.29 is 9.18 Å². The fraction of sp³-hybridized carbons (Fsp3) is 0.312. The van der Waals surface area contributed by atoms with Crippen molar-refractivity contribution in [3.8, 4) is 0 Å². The van der Waals surface area contributed by atoms with E-state index >= 15 is 0 Å². The Morgan fingerprint density at radius 1 is 1.25 bits per heavy atom. The fourth-order valence-corrected chi connectivity index (χ4v) is 3.00. The van der Waals surface area contributed by atoms with Gasteiger partial charge in [0.2, 0.25) is 0 Å². The summed E-state index contributed by atoms with van der Waals surface area (Å²) in [5, 5.41) is 0. The summed E-state index contributed by atoms with van der Waals surface area (Å²) in [5.41, 5.74) is 1.01. The summed E-state index contributed by atoms with van der Waals surface area (Å²) < 4.78 is 13.3. The first-order valence-electron chi connectivity index (χ1n) is 6.50. The van der Waals surface area contributed by atoms with E-state index in [-0.39, 0.29) is 17.8 Å². The van der Waals surface area contributed by atoms with Gasteiger partial charge in [-0.25, -0.2) is 4.39 Å². The van der Waals surface area contributed by atoms with Crippen molar-refractivity contribution >= 4 is 17.2 Å². The van der Waals surface area contributed by atoms with Crippen molar-refractivity contribution in [2.45, 2.75) is 26.8 Å². The molecule has 0 saturated carbocycles. The summed E-state index contributed by atoms with van der Waals surface area (Å²) in [6, 6.07) is 8.58. The van der Waals surface area contributed by atoms with Crippen LogP contribution in [0.1, 0.15) is 38.6 Å². The van der Waals surface area contributed by atoms with Crippen LogP contribution in [0, 0.1) is 19.7 Å². The average molecular weight is 291 g/mol. The Labute approximate surface area is 122 Å². The largest absolute Gasteiger partial charge is 0.334 e. The summed E-state index contributed by atoms with van der Waals surface area (Å²) in [4.78, 5) is 16.5. The van der Waals surface area contributed by atoms with Crippen molar-refractivity contribution in [2.24, 2.45) is 0 Å². The minimum atomic E-state index is -0.286. The van der Waals surface area contributed by atoms with E-state index in [0.717, 1.165) is 4.88 Å². The van der Waals surface area contributed by atoms with Gasteiger partial charge in [-0.1, -0.05) is 0 Å². The van der Waals surface area contributed by atoms with Gasteiger partial charge in [-0.05, 0) is 56.7 Å². The van der Waals surface area contributed by atoms with Gasteiger partial charge in [-0.15, -0.1) is 11.3 Å². The SMILES string of the molecule is Cc1ccc(C(C)N(C)C(=O)c2ccc(F)c(C)c2)s1. The molecule has 0 bridgehead atoms. The van der Waals surface area contributed by atoms with Gasteiger partial charge in [0, 0.05) is 22.4 Å². The van der Waals surface area contributed by atoms with Crippen molar-refractivity contribution in [1.82, 2.24) is 4.90 Å². The van der Waals surface area contributed by atoms with E-state index in [1.54, 1.807) is 36.3 Å². The highest BCUT2D eigenvalue weighted by Gasteiger charge is 2.20. The second-order valence-corrected chi connectivity index (χ2v) is 6.32. The topological polar surface area (TPSA) is 20.3 Å². The number of nitrogens with zero attached hydrogens (tertiary/aromatic N) is 1. The molecule has 1 amide bonds. The van der Waals surface area contributed by atoms with Crippen LogP contribution in [0.5, 0.6) is 0 Å². The van der Waals surface area contributed by atoms with Crippen LogP contribution in [0.4, 0.5) is 4.39 Å². The molecular weight excluding hydrogens is 273 g/mol. The Kier molecular flexibility index (Phi) is 4.23. The van der Waals surface area contributed by atoms with E-state index in [1.807, 2.05) is 19.9 Å². The normalized spacial score (nSPS) is 12.2. The molecular formula is C16H18FNOS. The zero-order valence-corrected chi connectivity index (χ0v) is 12.9. The first kappa shape index (κ1) is 14.7. The number of benzene rings is 1. The number of hydrogen-bond acceptors (Lipinski definition) is 2. The molecule has 1 aromatic heterocycles. The maximum atomic E-state index is 13.3. The lowest BCUT2D eigenvalue weighted by atomic mass is 10.1. The molecule has 0 saturated heterocycles. The first-order valence-corrected chi connectivity index (χ1v) is 7.31. The molecule has 0 aliphatic rings. The highest BCUT2D eigenvalue weighted by molar-refractivity contribution is 7.12. The average Bonchev–Trinajstić information content (AvgIpc) is 2.86. The lowest BCUT2D eigenvalue weighted by Gasteiger charge is -2.24. The van der Waals surface area contributed by atoms with E-state index in [4.69, 9.17) is 0 Å². The molecule has 4 heteroatoms. The maximum absolute atomic E-state index is 13.3. The lowest BCUT2D eigenvalue weighted by Crippen LogP contribution is -2.29. The Hall–Kier alpha value is -1.68. The van der Waals surface area contributed by atoms with Gasteiger partial charge in [0.1, 0.15) is 5.82 Å². The molecule has 0 fully saturated rings. The van der Waals surface area contributed by atoms with Crippen LogP contribution in [0.3, 0.4) is 0 Å². The van der Waals surface area contributed by atoms with Gasteiger partial charge in [0.25, 0.3) is 5.91 Å². The van der Waals surface area contributed by atoms with E-state index < -0.39 is 0 Å². The maximum Gasteiger partial charge on any atom is 0.254 e. The molecule has 0 aliphatic carbocycles. The monoisotopic (exact) mass is 291 g/mol. The van der Waals surface area contributed by atoms with Gasteiger partial charge in [-0.2, -0.15) is 0 Å². The van der Waals surface area contributed by atoms with Gasteiger partial charge in [0.15, 0.2) is 0 Å². The summed E-state index contributed by atoms with van der Waals surface area (Å²) >= 11 is 1.69. The molecule has 2 nitrogen and oxygen atoms in total. The Balaban J connectivity index is 2.21. The fourth-order valence-electron chi connectivity index (χ4n) is 2.03. The minimum Gasteiger partial charge on any atom is -0.334 e. The molecule has 1 aromatic carbocycles. The lowest BCUT2D eigenvalue weighted by molar-refractivity contribution is 0.0745. The Morgan fingerprint density at radius 2 is 1.95 bits per heavy atom. The van der Waals surface area contributed by atoms with Crippen LogP contribution in [-0.2, 0) is 0 Å². The number of halogens is 1. The van der Waals surface area contributed by atoms with E-state index in [9.17, 15) is 9.18 Å².